The number of carbonyl (C=O) groups excluding carboxylic acids is 1. The van der Waals surface area contributed by atoms with Crippen molar-refractivity contribution in [3.63, 3.8) is 0 Å². The first kappa shape index (κ1) is 10.4. The molecule has 0 N–H and O–H groups in total. The van der Waals surface area contributed by atoms with Crippen LogP contribution in [0, 0.1) is 5.92 Å². The highest BCUT2D eigenvalue weighted by atomic mass is 16.1. The van der Waals surface area contributed by atoms with E-state index in [9.17, 15) is 4.79 Å². The smallest absolute Gasteiger partial charge is 0.123 e. The quantitative estimate of drug-likeness (QED) is 0.556. The van der Waals surface area contributed by atoms with Crippen LogP contribution in [0.5, 0.6) is 0 Å². The summed E-state index contributed by atoms with van der Waals surface area (Å²) >= 11 is 0. The van der Waals surface area contributed by atoms with E-state index in [1.54, 1.807) is 0 Å². The summed E-state index contributed by atoms with van der Waals surface area (Å²) in [4.78, 5) is 10.3. The summed E-state index contributed by atoms with van der Waals surface area (Å²) in [6.45, 7) is 6.20. The Labute approximate surface area is 69.5 Å². The van der Waals surface area contributed by atoms with E-state index in [1.807, 2.05) is 12.9 Å². The first-order chi connectivity index (χ1) is 5.26. The summed E-state index contributed by atoms with van der Waals surface area (Å²) in [5.74, 6) is 2.49. The fourth-order valence-corrected chi connectivity index (χ4v) is 1.36. The van der Waals surface area contributed by atoms with Gasteiger partial charge in [0.15, 0.2) is 0 Å². The van der Waals surface area contributed by atoms with Crippen molar-refractivity contribution in [3.05, 3.63) is 5.57 Å². The lowest BCUT2D eigenvalue weighted by atomic mass is 9.92. The average Bonchev–Trinajstić information content (AvgIpc) is 2.03. The van der Waals surface area contributed by atoms with Crippen LogP contribution in [0.2, 0.25) is 0 Å². The number of hydrogen-bond acceptors (Lipinski definition) is 1. The van der Waals surface area contributed by atoms with Crippen LogP contribution in [0.3, 0.4) is 0 Å². The summed E-state index contributed by atoms with van der Waals surface area (Å²) in [6, 6.07) is 0. The summed E-state index contributed by atoms with van der Waals surface area (Å²) in [5, 5.41) is 0. The van der Waals surface area contributed by atoms with Crippen molar-refractivity contribution in [2.24, 2.45) is 5.92 Å². The first-order valence-corrected chi connectivity index (χ1v) is 4.47. The SMILES string of the molecule is CCCC(CCC)C(C)=C=O. The van der Waals surface area contributed by atoms with Gasteiger partial charge in [-0.05, 0) is 25.7 Å². The van der Waals surface area contributed by atoms with E-state index in [2.05, 4.69) is 13.8 Å². The van der Waals surface area contributed by atoms with E-state index >= 15 is 0 Å². The standard InChI is InChI=1S/C10H18O/c1-4-6-10(7-5-2)9(3)8-11/h10H,4-7H2,1-3H3. The predicted molar refractivity (Wildman–Crippen MR) is 48.2 cm³/mol. The van der Waals surface area contributed by atoms with Gasteiger partial charge in [0.05, 0.1) is 0 Å². The van der Waals surface area contributed by atoms with Crippen LogP contribution in [0.25, 0.3) is 0 Å². The molecule has 0 fully saturated rings. The number of rotatable bonds is 5. The highest BCUT2D eigenvalue weighted by Gasteiger charge is 2.08. The Balaban J connectivity index is 3.97. The molecule has 0 atom stereocenters. The fourth-order valence-electron chi connectivity index (χ4n) is 1.36. The third-order valence-corrected chi connectivity index (χ3v) is 2.05. The Kier molecular flexibility index (Phi) is 5.87. The molecule has 0 saturated carbocycles. The molecular formula is C10H18O. The Hall–Kier alpha value is -0.550. The second kappa shape index (κ2) is 6.18. The molecule has 64 valence electrons. The molecule has 0 bridgehead atoms. The predicted octanol–water partition coefficient (Wildman–Crippen LogP) is 2.98. The molecule has 0 radical (unpaired) electrons. The molecule has 0 amide bonds. The largest absolute Gasteiger partial charge is 0.234 e. The molecule has 0 aromatic heterocycles. The van der Waals surface area contributed by atoms with Crippen LogP contribution in [0.15, 0.2) is 5.57 Å². The van der Waals surface area contributed by atoms with Crippen LogP contribution in [0.1, 0.15) is 46.5 Å². The normalized spacial score (nSPS) is 9.82. The van der Waals surface area contributed by atoms with Crippen molar-refractivity contribution in [1.82, 2.24) is 0 Å². The van der Waals surface area contributed by atoms with Crippen LogP contribution in [-0.4, -0.2) is 5.94 Å². The minimum absolute atomic E-state index is 0.488. The molecule has 0 unspecified atom stereocenters. The van der Waals surface area contributed by atoms with E-state index < -0.39 is 0 Å². The van der Waals surface area contributed by atoms with Gasteiger partial charge in [-0.3, -0.25) is 0 Å². The van der Waals surface area contributed by atoms with Crippen molar-refractivity contribution >= 4 is 5.94 Å². The summed E-state index contributed by atoms with van der Waals surface area (Å²) in [7, 11) is 0. The van der Waals surface area contributed by atoms with Crippen LogP contribution in [0.4, 0.5) is 0 Å². The second-order valence-electron chi connectivity index (χ2n) is 3.06. The zero-order valence-corrected chi connectivity index (χ0v) is 7.81. The van der Waals surface area contributed by atoms with Gasteiger partial charge >= 0.3 is 0 Å². The molecule has 0 aliphatic carbocycles. The molecule has 0 aliphatic rings. The molecule has 0 aliphatic heterocycles. The molecule has 0 aromatic rings. The third-order valence-electron chi connectivity index (χ3n) is 2.05. The average molecular weight is 154 g/mol. The topological polar surface area (TPSA) is 17.1 Å². The van der Waals surface area contributed by atoms with Gasteiger partial charge in [0.25, 0.3) is 0 Å². The van der Waals surface area contributed by atoms with E-state index in [-0.39, 0.29) is 0 Å². The molecule has 0 aromatic carbocycles. The van der Waals surface area contributed by atoms with E-state index in [4.69, 9.17) is 0 Å². The Bertz CT molecular complexity index is 137. The third kappa shape index (κ3) is 4.00. The lowest BCUT2D eigenvalue weighted by molar-refractivity contribution is 0.499. The van der Waals surface area contributed by atoms with Gasteiger partial charge in [-0.2, -0.15) is 0 Å². The van der Waals surface area contributed by atoms with Gasteiger partial charge in [-0.25, -0.2) is 4.79 Å². The molecule has 0 rings (SSSR count). The summed E-state index contributed by atoms with van der Waals surface area (Å²) in [6.07, 6.45) is 4.58. The van der Waals surface area contributed by atoms with Crippen molar-refractivity contribution in [2.45, 2.75) is 46.5 Å². The Morgan fingerprint density at radius 3 is 2.00 bits per heavy atom. The summed E-state index contributed by atoms with van der Waals surface area (Å²) < 4.78 is 0. The van der Waals surface area contributed by atoms with Crippen LogP contribution in [-0.2, 0) is 4.79 Å². The second-order valence-corrected chi connectivity index (χ2v) is 3.06. The van der Waals surface area contributed by atoms with Crippen molar-refractivity contribution < 1.29 is 4.79 Å². The highest BCUT2D eigenvalue weighted by Crippen LogP contribution is 2.19. The minimum Gasteiger partial charge on any atom is -0.234 e. The lowest BCUT2D eigenvalue weighted by Gasteiger charge is -2.12. The molecule has 0 saturated heterocycles. The fraction of sp³-hybridized carbons (Fsp3) is 0.800. The summed E-state index contributed by atoms with van der Waals surface area (Å²) in [5.41, 5.74) is 0.897. The van der Waals surface area contributed by atoms with E-state index in [0.29, 0.717) is 5.92 Å². The Morgan fingerprint density at radius 1 is 1.27 bits per heavy atom. The molecule has 1 nitrogen and oxygen atoms in total. The highest BCUT2D eigenvalue weighted by molar-refractivity contribution is 5.52. The minimum atomic E-state index is 0.488. The van der Waals surface area contributed by atoms with Gasteiger partial charge < -0.3 is 0 Å². The van der Waals surface area contributed by atoms with Gasteiger partial charge in [0.2, 0.25) is 0 Å². The van der Waals surface area contributed by atoms with Crippen LogP contribution >= 0.6 is 0 Å². The zero-order chi connectivity index (χ0) is 8.69. The molecule has 1 heteroatoms. The maximum absolute atomic E-state index is 10.3. The van der Waals surface area contributed by atoms with Gasteiger partial charge in [0, 0.05) is 5.57 Å². The molecule has 0 heterocycles. The van der Waals surface area contributed by atoms with Crippen molar-refractivity contribution in [1.29, 1.82) is 0 Å². The number of allylic oxidation sites excluding steroid dienone is 1. The van der Waals surface area contributed by atoms with Crippen molar-refractivity contribution in [3.8, 4) is 0 Å². The molecule has 0 spiro atoms. The van der Waals surface area contributed by atoms with Gasteiger partial charge in [-0.1, -0.05) is 26.7 Å². The number of hydrogen-bond donors (Lipinski definition) is 0. The van der Waals surface area contributed by atoms with Gasteiger partial charge in [0.1, 0.15) is 5.94 Å². The zero-order valence-electron chi connectivity index (χ0n) is 7.81. The van der Waals surface area contributed by atoms with Crippen LogP contribution < -0.4 is 0 Å². The lowest BCUT2D eigenvalue weighted by Crippen LogP contribution is -2.01. The first-order valence-electron chi connectivity index (χ1n) is 4.47. The van der Waals surface area contributed by atoms with E-state index in [1.165, 1.54) is 0 Å². The van der Waals surface area contributed by atoms with E-state index in [0.717, 1.165) is 31.3 Å². The van der Waals surface area contributed by atoms with Crippen molar-refractivity contribution in [2.75, 3.05) is 0 Å². The van der Waals surface area contributed by atoms with Gasteiger partial charge in [-0.15, -0.1) is 0 Å². The molecule has 11 heavy (non-hydrogen) atoms. The molecular weight excluding hydrogens is 136 g/mol. The maximum atomic E-state index is 10.3. The maximum Gasteiger partial charge on any atom is 0.123 e. The monoisotopic (exact) mass is 154 g/mol. The Morgan fingerprint density at radius 2 is 1.73 bits per heavy atom.